The largest absolute Gasteiger partial charge is 0.315 e. The number of rotatable bonds is 3. The van der Waals surface area contributed by atoms with E-state index in [1.807, 2.05) is 25.3 Å². The molecule has 1 aromatic rings. The second-order valence-electron chi connectivity index (χ2n) is 2.81. The molecule has 1 rings (SSSR count). The van der Waals surface area contributed by atoms with Gasteiger partial charge in [0.1, 0.15) is 0 Å². The maximum atomic E-state index is 11.3. The van der Waals surface area contributed by atoms with Crippen LogP contribution >= 0.6 is 0 Å². The molecule has 0 aliphatic rings. The van der Waals surface area contributed by atoms with Crippen molar-refractivity contribution >= 4 is 0 Å². The molecule has 0 unspecified atom stereocenters. The molecule has 64 valence electrons. The summed E-state index contributed by atoms with van der Waals surface area (Å²) in [5, 5.41) is 0. The summed E-state index contributed by atoms with van der Waals surface area (Å²) in [5.41, 5.74) is 1.08. The highest BCUT2D eigenvalue weighted by Gasteiger charge is 1.92. The Morgan fingerprint density at radius 3 is 3.00 bits per heavy atom. The Morgan fingerprint density at radius 2 is 2.42 bits per heavy atom. The summed E-state index contributed by atoms with van der Waals surface area (Å²) in [6, 6.07) is 3.58. The fourth-order valence-electron chi connectivity index (χ4n) is 1.02. The molecule has 0 aliphatic heterocycles. The topological polar surface area (TPSA) is 22.0 Å². The van der Waals surface area contributed by atoms with Crippen LogP contribution in [0.3, 0.4) is 0 Å². The molecule has 0 atom stereocenters. The Hall–Kier alpha value is -1.31. The fraction of sp³-hybridized carbons (Fsp3) is 0.300. The van der Waals surface area contributed by atoms with Gasteiger partial charge in [0.2, 0.25) is 0 Å². The van der Waals surface area contributed by atoms with Gasteiger partial charge in [0, 0.05) is 18.8 Å². The van der Waals surface area contributed by atoms with Crippen LogP contribution in [0.5, 0.6) is 0 Å². The predicted octanol–water partition coefficient (Wildman–Crippen LogP) is 1.73. The van der Waals surface area contributed by atoms with Crippen molar-refractivity contribution < 1.29 is 0 Å². The zero-order valence-corrected chi connectivity index (χ0v) is 7.29. The lowest BCUT2D eigenvalue weighted by Crippen LogP contribution is -2.18. The molecule has 0 bridgehead atoms. The summed E-state index contributed by atoms with van der Waals surface area (Å²) in [4.78, 5) is 11.3. The Kier molecular flexibility index (Phi) is 2.86. The Balaban J connectivity index is 2.86. The van der Waals surface area contributed by atoms with Crippen molar-refractivity contribution in [3.63, 3.8) is 0 Å². The molecule has 0 fully saturated rings. The molecule has 0 aromatic carbocycles. The third-order valence-electron chi connectivity index (χ3n) is 1.73. The summed E-state index contributed by atoms with van der Waals surface area (Å²) in [5.74, 6) is 0. The molecule has 1 aromatic heterocycles. The number of allylic oxidation sites excluding steroid dienone is 1. The maximum Gasteiger partial charge on any atom is 0.250 e. The number of hydrogen-bond acceptors (Lipinski definition) is 1. The van der Waals surface area contributed by atoms with E-state index < -0.39 is 0 Å². The van der Waals surface area contributed by atoms with E-state index in [9.17, 15) is 4.79 Å². The van der Waals surface area contributed by atoms with Crippen LogP contribution < -0.4 is 5.56 Å². The van der Waals surface area contributed by atoms with Crippen LogP contribution in [0.15, 0.2) is 35.8 Å². The molecule has 2 heteroatoms. The minimum absolute atomic E-state index is 0.0665. The summed E-state index contributed by atoms with van der Waals surface area (Å²) in [6.07, 6.45) is 4.47. The molecular weight excluding hydrogens is 150 g/mol. The lowest BCUT2D eigenvalue weighted by Gasteiger charge is -2.02. The van der Waals surface area contributed by atoms with Crippen LogP contribution in [-0.2, 0) is 6.54 Å². The minimum Gasteiger partial charge on any atom is -0.315 e. The van der Waals surface area contributed by atoms with Gasteiger partial charge in [-0.1, -0.05) is 6.08 Å². The molecule has 12 heavy (non-hydrogen) atoms. The summed E-state index contributed by atoms with van der Waals surface area (Å²) in [7, 11) is 0. The normalized spacial score (nSPS) is 9.75. The van der Waals surface area contributed by atoms with Crippen molar-refractivity contribution in [2.75, 3.05) is 0 Å². The quantitative estimate of drug-likeness (QED) is 0.622. The molecule has 0 N–H and O–H groups in total. The van der Waals surface area contributed by atoms with Gasteiger partial charge in [-0.2, -0.15) is 0 Å². The van der Waals surface area contributed by atoms with Gasteiger partial charge in [0.15, 0.2) is 0 Å². The van der Waals surface area contributed by atoms with Crippen LogP contribution in [0.25, 0.3) is 0 Å². The van der Waals surface area contributed by atoms with Gasteiger partial charge in [0.05, 0.1) is 0 Å². The molecule has 2 nitrogen and oxygen atoms in total. The third kappa shape index (κ3) is 2.09. The van der Waals surface area contributed by atoms with Gasteiger partial charge < -0.3 is 4.57 Å². The van der Waals surface area contributed by atoms with Gasteiger partial charge in [-0.05, 0) is 25.0 Å². The second kappa shape index (κ2) is 3.90. The van der Waals surface area contributed by atoms with E-state index >= 15 is 0 Å². The molecule has 0 radical (unpaired) electrons. The van der Waals surface area contributed by atoms with Crippen molar-refractivity contribution in [1.82, 2.24) is 4.57 Å². The fourth-order valence-corrected chi connectivity index (χ4v) is 1.02. The van der Waals surface area contributed by atoms with Crippen molar-refractivity contribution in [3.8, 4) is 0 Å². The Labute approximate surface area is 72.2 Å². The standard InChI is InChI=1S/C10H13NO/c1-3-4-6-11-7-5-9(2)8-10(11)12/h3,5,7-8H,1,4,6H2,2H3. The first kappa shape index (κ1) is 8.78. The average Bonchev–Trinajstić information content (AvgIpc) is 2.03. The molecular formula is C10H13NO. The lowest BCUT2D eigenvalue weighted by atomic mass is 10.3. The van der Waals surface area contributed by atoms with Gasteiger partial charge in [-0.25, -0.2) is 0 Å². The molecule has 0 spiro atoms. The number of hydrogen-bond donors (Lipinski definition) is 0. The molecule has 0 amide bonds. The van der Waals surface area contributed by atoms with E-state index in [1.165, 1.54) is 0 Å². The van der Waals surface area contributed by atoms with E-state index in [4.69, 9.17) is 0 Å². The predicted molar refractivity (Wildman–Crippen MR) is 50.3 cm³/mol. The van der Waals surface area contributed by atoms with Crippen molar-refractivity contribution in [2.24, 2.45) is 0 Å². The number of pyridine rings is 1. The third-order valence-corrected chi connectivity index (χ3v) is 1.73. The van der Waals surface area contributed by atoms with E-state index in [-0.39, 0.29) is 5.56 Å². The van der Waals surface area contributed by atoms with E-state index in [0.29, 0.717) is 0 Å². The monoisotopic (exact) mass is 163 g/mol. The SMILES string of the molecule is C=CCCn1ccc(C)cc1=O. The van der Waals surface area contributed by atoms with Crippen LogP contribution in [0.2, 0.25) is 0 Å². The zero-order chi connectivity index (χ0) is 8.97. The highest BCUT2D eigenvalue weighted by molar-refractivity contribution is 5.07. The lowest BCUT2D eigenvalue weighted by molar-refractivity contribution is 0.680. The highest BCUT2D eigenvalue weighted by Crippen LogP contribution is 1.92. The molecule has 0 saturated carbocycles. The van der Waals surface area contributed by atoms with Crippen LogP contribution in [0.1, 0.15) is 12.0 Å². The maximum absolute atomic E-state index is 11.3. The molecule has 1 heterocycles. The van der Waals surface area contributed by atoms with Gasteiger partial charge in [-0.15, -0.1) is 6.58 Å². The van der Waals surface area contributed by atoms with Gasteiger partial charge >= 0.3 is 0 Å². The van der Waals surface area contributed by atoms with Crippen LogP contribution in [0.4, 0.5) is 0 Å². The minimum atomic E-state index is 0.0665. The van der Waals surface area contributed by atoms with Crippen LogP contribution in [-0.4, -0.2) is 4.57 Å². The number of aromatic nitrogens is 1. The van der Waals surface area contributed by atoms with Crippen molar-refractivity contribution in [3.05, 3.63) is 46.9 Å². The summed E-state index contributed by atoms with van der Waals surface area (Å²) >= 11 is 0. The zero-order valence-electron chi connectivity index (χ0n) is 7.29. The smallest absolute Gasteiger partial charge is 0.250 e. The van der Waals surface area contributed by atoms with Gasteiger partial charge in [-0.3, -0.25) is 4.79 Å². The first-order valence-electron chi connectivity index (χ1n) is 4.02. The molecule has 0 aliphatic carbocycles. The first-order chi connectivity index (χ1) is 5.74. The van der Waals surface area contributed by atoms with Crippen molar-refractivity contribution in [2.45, 2.75) is 19.9 Å². The summed E-state index contributed by atoms with van der Waals surface area (Å²) < 4.78 is 1.69. The summed E-state index contributed by atoms with van der Waals surface area (Å²) in [6.45, 7) is 6.25. The van der Waals surface area contributed by atoms with E-state index in [1.54, 1.807) is 10.6 Å². The van der Waals surface area contributed by atoms with Gasteiger partial charge in [0.25, 0.3) is 5.56 Å². The van der Waals surface area contributed by atoms with E-state index in [2.05, 4.69) is 6.58 Å². The Bertz CT molecular complexity index is 325. The average molecular weight is 163 g/mol. The number of nitrogens with zero attached hydrogens (tertiary/aromatic N) is 1. The first-order valence-corrected chi connectivity index (χ1v) is 4.02. The molecule has 0 saturated heterocycles. The van der Waals surface area contributed by atoms with Crippen molar-refractivity contribution in [1.29, 1.82) is 0 Å². The van der Waals surface area contributed by atoms with E-state index in [0.717, 1.165) is 18.5 Å². The second-order valence-corrected chi connectivity index (χ2v) is 2.81. The number of aryl methyl sites for hydroxylation is 2. The highest BCUT2D eigenvalue weighted by atomic mass is 16.1. The Morgan fingerprint density at radius 1 is 1.67 bits per heavy atom. The van der Waals surface area contributed by atoms with Crippen LogP contribution in [0, 0.1) is 6.92 Å².